The van der Waals surface area contributed by atoms with Crippen LogP contribution in [0.1, 0.15) is 24.0 Å². The van der Waals surface area contributed by atoms with Gasteiger partial charge in [-0.1, -0.05) is 6.07 Å². The Kier molecular flexibility index (Phi) is 7.03. The first-order valence-corrected chi connectivity index (χ1v) is 11.2. The van der Waals surface area contributed by atoms with Crippen LogP contribution in [-0.2, 0) is 21.0 Å². The van der Waals surface area contributed by atoms with Crippen LogP contribution in [0, 0.1) is 6.92 Å². The normalized spacial score (nSPS) is 16.2. The number of benzene rings is 1. The molecule has 1 aliphatic heterocycles. The van der Waals surface area contributed by atoms with Gasteiger partial charge in [-0.25, -0.2) is 13.4 Å². The zero-order chi connectivity index (χ0) is 24.4. The van der Waals surface area contributed by atoms with E-state index >= 15 is 0 Å². The number of alkyl halides is 3. The van der Waals surface area contributed by atoms with Gasteiger partial charge in [-0.3, -0.25) is 9.10 Å². The van der Waals surface area contributed by atoms with Crippen molar-refractivity contribution < 1.29 is 46.1 Å². The van der Waals surface area contributed by atoms with Gasteiger partial charge in [0, 0.05) is 12.6 Å². The molecule has 0 saturated carbocycles. The molecule has 2 N–H and O–H groups in total. The van der Waals surface area contributed by atoms with Crippen LogP contribution in [0.5, 0.6) is 11.6 Å². The topological polar surface area (TPSA) is 126 Å². The number of carboxylic acids is 1. The molecule has 180 valence electrons. The number of anilines is 1. The van der Waals surface area contributed by atoms with E-state index in [9.17, 15) is 26.4 Å². The highest BCUT2D eigenvalue weighted by atomic mass is 32.2. The summed E-state index contributed by atoms with van der Waals surface area (Å²) in [6.07, 6.45) is -5.60. The number of aryl methyl sites for hydroxylation is 1. The van der Waals surface area contributed by atoms with Gasteiger partial charge in [0.05, 0.1) is 24.4 Å². The van der Waals surface area contributed by atoms with E-state index < -0.39 is 51.2 Å². The number of aromatic nitrogens is 1. The van der Waals surface area contributed by atoms with Crippen LogP contribution in [0.15, 0.2) is 35.4 Å². The van der Waals surface area contributed by atoms with Crippen LogP contribution in [0.2, 0.25) is 0 Å². The highest BCUT2D eigenvalue weighted by Crippen LogP contribution is 2.41. The Hall–Kier alpha value is -3.06. The maximum Gasteiger partial charge on any atom is 0.417 e. The summed E-state index contributed by atoms with van der Waals surface area (Å²) in [6.45, 7) is 0.463. The average Bonchev–Trinajstić information content (AvgIpc) is 2.74. The molecule has 0 fully saturated rings. The number of aliphatic hydroxyl groups excluding tert-OH is 1. The van der Waals surface area contributed by atoms with Crippen molar-refractivity contribution in [1.29, 1.82) is 0 Å². The molecule has 1 aromatic heterocycles. The molecule has 0 saturated heterocycles. The highest BCUT2D eigenvalue weighted by Gasteiger charge is 2.39. The van der Waals surface area contributed by atoms with Crippen LogP contribution in [0.25, 0.3) is 0 Å². The zero-order valence-corrected chi connectivity index (χ0v) is 18.2. The Labute approximate surface area is 187 Å². The quantitative estimate of drug-likeness (QED) is 0.578. The lowest BCUT2D eigenvalue weighted by molar-refractivity contribution is -0.138. The zero-order valence-electron chi connectivity index (χ0n) is 17.4. The van der Waals surface area contributed by atoms with Crippen molar-refractivity contribution in [2.24, 2.45) is 0 Å². The molecule has 0 aliphatic carbocycles. The van der Waals surface area contributed by atoms with E-state index in [-0.39, 0.29) is 37.4 Å². The molecule has 13 heteroatoms. The molecule has 0 radical (unpaired) electrons. The summed E-state index contributed by atoms with van der Waals surface area (Å²) in [5.74, 6) is -1.56. The number of sulfonamides is 1. The number of rotatable bonds is 8. The Morgan fingerprint density at radius 1 is 1.33 bits per heavy atom. The van der Waals surface area contributed by atoms with E-state index in [1.807, 2.05) is 0 Å². The molecular weight excluding hydrogens is 469 g/mol. The van der Waals surface area contributed by atoms with Crippen LogP contribution < -0.4 is 13.8 Å². The molecule has 3 rings (SSSR count). The van der Waals surface area contributed by atoms with Crippen molar-refractivity contribution in [2.75, 3.05) is 24.1 Å². The monoisotopic (exact) mass is 490 g/mol. The lowest BCUT2D eigenvalue weighted by Crippen LogP contribution is -2.44. The summed E-state index contributed by atoms with van der Waals surface area (Å²) in [5.41, 5.74) is -0.537. The van der Waals surface area contributed by atoms with Gasteiger partial charge in [0.2, 0.25) is 5.88 Å². The predicted octanol–water partition coefficient (Wildman–Crippen LogP) is 2.60. The fraction of sp³-hybridized carbons (Fsp3) is 0.400. The number of carbonyl (C=O) groups is 1. The van der Waals surface area contributed by atoms with Crippen molar-refractivity contribution in [3.63, 3.8) is 0 Å². The number of hydrogen-bond donors (Lipinski definition) is 2. The van der Waals surface area contributed by atoms with Crippen LogP contribution in [-0.4, -0.2) is 55.4 Å². The third-order valence-corrected chi connectivity index (χ3v) is 6.54. The Bertz CT molecular complexity index is 1140. The maximum atomic E-state index is 13.6. The summed E-state index contributed by atoms with van der Waals surface area (Å²) >= 11 is 0. The van der Waals surface area contributed by atoms with E-state index in [0.29, 0.717) is 17.8 Å². The fourth-order valence-corrected chi connectivity index (χ4v) is 4.84. The first-order chi connectivity index (χ1) is 15.4. The minimum Gasteiger partial charge on any atom is -0.486 e. The molecule has 2 aromatic rings. The number of hydrogen-bond acceptors (Lipinski definition) is 7. The first kappa shape index (κ1) is 24.6. The summed E-state index contributed by atoms with van der Waals surface area (Å²) in [4.78, 5) is 13.7. The number of carboxylic acid groups (broad SMARTS) is 1. The number of pyridine rings is 1. The summed E-state index contributed by atoms with van der Waals surface area (Å²) in [6, 6.07) is 5.08. The molecule has 1 atom stereocenters. The van der Waals surface area contributed by atoms with Crippen LogP contribution in [0.4, 0.5) is 18.9 Å². The Balaban J connectivity index is 2.13. The van der Waals surface area contributed by atoms with Gasteiger partial charge in [0.1, 0.15) is 18.5 Å². The van der Waals surface area contributed by atoms with E-state index in [1.54, 1.807) is 13.0 Å². The van der Waals surface area contributed by atoms with Crippen molar-refractivity contribution in [1.82, 2.24) is 4.98 Å². The predicted molar refractivity (Wildman–Crippen MR) is 109 cm³/mol. The molecule has 0 unspecified atom stereocenters. The lowest BCUT2D eigenvalue weighted by atomic mass is 10.1. The second kappa shape index (κ2) is 9.43. The smallest absolute Gasteiger partial charge is 0.417 e. The maximum absolute atomic E-state index is 13.6. The molecule has 0 amide bonds. The lowest BCUT2D eigenvalue weighted by Gasteiger charge is -2.35. The first-order valence-electron chi connectivity index (χ1n) is 9.76. The van der Waals surface area contributed by atoms with Gasteiger partial charge in [-0.2, -0.15) is 13.2 Å². The average molecular weight is 490 g/mol. The van der Waals surface area contributed by atoms with Crippen molar-refractivity contribution in [3.05, 3.63) is 41.6 Å². The van der Waals surface area contributed by atoms with Crippen molar-refractivity contribution >= 4 is 21.7 Å². The molecule has 0 bridgehead atoms. The van der Waals surface area contributed by atoms with Gasteiger partial charge in [-0.15, -0.1) is 0 Å². The standard InChI is InChI=1S/C20H21F3N2O7S/c1-12-2-4-16-15(8-12)25(11-14(32-16)3-5-18(27)28)33(29,30)17-9-13(20(21,22)23)10-24-19(17)31-7-6-26/h2,4,8-10,14,26H,3,5-7,11H2,1H3,(H,27,28)/t14-/m0/s1. The Morgan fingerprint density at radius 2 is 2.06 bits per heavy atom. The number of fused-ring (bicyclic) bond motifs is 1. The molecule has 33 heavy (non-hydrogen) atoms. The van der Waals surface area contributed by atoms with Crippen molar-refractivity contribution in [2.45, 2.75) is 36.9 Å². The van der Waals surface area contributed by atoms with Gasteiger partial charge in [0.25, 0.3) is 10.0 Å². The summed E-state index contributed by atoms with van der Waals surface area (Å²) < 4.78 is 78.9. The highest BCUT2D eigenvalue weighted by molar-refractivity contribution is 7.93. The van der Waals surface area contributed by atoms with Crippen LogP contribution in [0.3, 0.4) is 0 Å². The van der Waals surface area contributed by atoms with Crippen LogP contribution >= 0.6 is 0 Å². The van der Waals surface area contributed by atoms with Gasteiger partial charge in [0.15, 0.2) is 4.90 Å². The van der Waals surface area contributed by atoms with Gasteiger partial charge < -0.3 is 19.7 Å². The second-order valence-corrected chi connectivity index (χ2v) is 9.11. The van der Waals surface area contributed by atoms with E-state index in [0.717, 1.165) is 4.31 Å². The minimum atomic E-state index is -4.86. The number of halogens is 3. The fourth-order valence-electron chi connectivity index (χ4n) is 3.23. The van der Waals surface area contributed by atoms with Gasteiger partial charge in [-0.05, 0) is 37.1 Å². The SMILES string of the molecule is Cc1ccc2c(c1)N(S(=O)(=O)c1cc(C(F)(F)F)cnc1OCCO)C[C@H](CCC(=O)O)O2. The third-order valence-electron chi connectivity index (χ3n) is 4.77. The Morgan fingerprint density at radius 3 is 2.70 bits per heavy atom. The molecule has 1 aliphatic rings. The largest absolute Gasteiger partial charge is 0.486 e. The van der Waals surface area contributed by atoms with E-state index in [2.05, 4.69) is 4.98 Å². The molecule has 1 aromatic carbocycles. The minimum absolute atomic E-state index is 0.0244. The van der Waals surface area contributed by atoms with E-state index in [4.69, 9.17) is 19.7 Å². The molecule has 9 nitrogen and oxygen atoms in total. The molecular formula is C20H21F3N2O7S. The van der Waals surface area contributed by atoms with Crippen molar-refractivity contribution in [3.8, 4) is 11.6 Å². The summed E-state index contributed by atoms with van der Waals surface area (Å²) in [7, 11) is -4.67. The molecule has 0 spiro atoms. The second-order valence-electron chi connectivity index (χ2n) is 7.28. The number of aliphatic carboxylic acids is 1. The summed E-state index contributed by atoms with van der Waals surface area (Å²) in [5, 5.41) is 18.0. The van der Waals surface area contributed by atoms with Gasteiger partial charge >= 0.3 is 12.1 Å². The number of nitrogens with zero attached hydrogens (tertiary/aromatic N) is 2. The third kappa shape index (κ3) is 5.47. The molecule has 2 heterocycles. The van der Waals surface area contributed by atoms with E-state index in [1.165, 1.54) is 12.1 Å². The number of aliphatic hydroxyl groups is 1. The number of ether oxygens (including phenoxy) is 2.